The number of benzene rings is 1. The quantitative estimate of drug-likeness (QED) is 0.392. The Labute approximate surface area is 208 Å². The Morgan fingerprint density at radius 3 is 2.67 bits per heavy atom. The Balaban J connectivity index is 1.55. The van der Waals surface area contributed by atoms with Crippen molar-refractivity contribution in [1.29, 1.82) is 0 Å². The second kappa shape index (κ2) is 9.78. The molecule has 1 saturated heterocycles. The van der Waals surface area contributed by atoms with E-state index in [1.54, 1.807) is 25.8 Å². The molecule has 0 saturated carbocycles. The SMILES string of the molecule is CNc1nc(Nc2ccc(N3CCOCC3)c(C)c2)c(C(=O)OC)nc1-c1cncc2c1ncn2C. The molecule has 1 aromatic carbocycles. The predicted molar refractivity (Wildman–Crippen MR) is 138 cm³/mol. The highest BCUT2D eigenvalue weighted by molar-refractivity contribution is 5.98. The van der Waals surface area contributed by atoms with E-state index in [1.807, 2.05) is 23.7 Å². The Hall–Kier alpha value is -4.25. The monoisotopic (exact) mass is 488 g/mol. The first-order valence-electron chi connectivity index (χ1n) is 11.6. The molecule has 0 radical (unpaired) electrons. The number of fused-ring (bicyclic) bond motifs is 1. The molecule has 1 fully saturated rings. The molecule has 4 heterocycles. The van der Waals surface area contributed by atoms with E-state index >= 15 is 0 Å². The standard InChI is InChI=1S/C25H28N8O3/c1-15-11-16(5-6-18(15)33-7-9-36-10-8-33)29-24-22(25(34)35-4)30-21(23(26-2)31-24)17-12-27-13-19-20(17)28-14-32(19)3/h5-6,11-14H,7-10H2,1-4H3,(H2,26,29,31). The molecule has 0 amide bonds. The van der Waals surface area contributed by atoms with Crippen LogP contribution < -0.4 is 15.5 Å². The van der Waals surface area contributed by atoms with Crippen LogP contribution >= 0.6 is 0 Å². The molecule has 36 heavy (non-hydrogen) atoms. The summed E-state index contributed by atoms with van der Waals surface area (Å²) in [6, 6.07) is 6.06. The van der Waals surface area contributed by atoms with Gasteiger partial charge >= 0.3 is 5.97 Å². The summed E-state index contributed by atoms with van der Waals surface area (Å²) in [5.41, 5.74) is 5.78. The van der Waals surface area contributed by atoms with E-state index in [0.29, 0.717) is 22.6 Å². The Morgan fingerprint density at radius 1 is 1.14 bits per heavy atom. The number of pyridine rings is 1. The molecule has 4 aromatic rings. The largest absolute Gasteiger partial charge is 0.464 e. The first-order chi connectivity index (χ1) is 17.5. The van der Waals surface area contributed by atoms with Crippen molar-refractivity contribution < 1.29 is 14.3 Å². The van der Waals surface area contributed by atoms with Crippen LogP contribution in [0.5, 0.6) is 0 Å². The molecule has 11 nitrogen and oxygen atoms in total. The first-order valence-corrected chi connectivity index (χ1v) is 11.6. The lowest BCUT2D eigenvalue weighted by Gasteiger charge is -2.30. The fraction of sp³-hybridized carbons (Fsp3) is 0.320. The number of hydrogen-bond acceptors (Lipinski definition) is 10. The van der Waals surface area contributed by atoms with Crippen LogP contribution in [0.15, 0.2) is 36.9 Å². The van der Waals surface area contributed by atoms with E-state index in [1.165, 1.54) is 7.11 Å². The third-order valence-electron chi connectivity index (χ3n) is 6.22. The Morgan fingerprint density at radius 2 is 1.94 bits per heavy atom. The predicted octanol–water partition coefficient (Wildman–Crippen LogP) is 3.14. The van der Waals surface area contributed by atoms with Crippen LogP contribution in [0.3, 0.4) is 0 Å². The number of aromatic nitrogens is 5. The van der Waals surface area contributed by atoms with Gasteiger partial charge in [0.25, 0.3) is 0 Å². The second-order valence-corrected chi connectivity index (χ2v) is 8.50. The van der Waals surface area contributed by atoms with Crippen LogP contribution in [0.4, 0.5) is 23.0 Å². The van der Waals surface area contributed by atoms with E-state index in [9.17, 15) is 4.79 Å². The number of nitrogens with one attached hydrogen (secondary N) is 2. The summed E-state index contributed by atoms with van der Waals surface area (Å²) in [6.07, 6.45) is 5.11. The average molecular weight is 489 g/mol. The molecule has 3 aromatic heterocycles. The molecule has 5 rings (SSSR count). The average Bonchev–Trinajstić information content (AvgIpc) is 3.29. The third kappa shape index (κ3) is 4.29. The van der Waals surface area contributed by atoms with Crippen LogP contribution in [-0.2, 0) is 16.5 Å². The number of ether oxygens (including phenoxy) is 2. The highest BCUT2D eigenvalue weighted by Gasteiger charge is 2.23. The van der Waals surface area contributed by atoms with Gasteiger partial charge < -0.3 is 29.6 Å². The molecular formula is C25H28N8O3. The van der Waals surface area contributed by atoms with Crippen molar-refractivity contribution in [3.8, 4) is 11.3 Å². The normalized spacial score (nSPS) is 13.6. The van der Waals surface area contributed by atoms with Gasteiger partial charge in [-0.3, -0.25) is 4.98 Å². The number of morpholine rings is 1. The number of anilines is 4. The van der Waals surface area contributed by atoms with Gasteiger partial charge in [0.15, 0.2) is 17.3 Å². The topological polar surface area (TPSA) is 119 Å². The van der Waals surface area contributed by atoms with Crippen LogP contribution in [0, 0.1) is 6.92 Å². The summed E-state index contributed by atoms with van der Waals surface area (Å²) < 4.78 is 12.4. The minimum absolute atomic E-state index is 0.0642. The van der Waals surface area contributed by atoms with E-state index in [0.717, 1.165) is 48.8 Å². The van der Waals surface area contributed by atoms with Gasteiger partial charge in [-0.25, -0.2) is 19.7 Å². The number of nitrogens with zero attached hydrogens (tertiary/aromatic N) is 6. The number of imidazole rings is 1. The molecular weight excluding hydrogens is 460 g/mol. The van der Waals surface area contributed by atoms with Crippen molar-refractivity contribution in [2.75, 3.05) is 56.0 Å². The number of carbonyl (C=O) groups excluding carboxylic acids is 1. The smallest absolute Gasteiger partial charge is 0.360 e. The van der Waals surface area contributed by atoms with Gasteiger partial charge in [-0.1, -0.05) is 0 Å². The number of rotatable bonds is 6. The van der Waals surface area contributed by atoms with Crippen molar-refractivity contribution in [3.63, 3.8) is 0 Å². The lowest BCUT2D eigenvalue weighted by atomic mass is 10.1. The fourth-order valence-electron chi connectivity index (χ4n) is 4.37. The van der Waals surface area contributed by atoms with E-state index in [4.69, 9.17) is 14.5 Å². The zero-order chi connectivity index (χ0) is 25.2. The van der Waals surface area contributed by atoms with Gasteiger partial charge in [0, 0.05) is 44.8 Å². The molecule has 0 atom stereocenters. The van der Waals surface area contributed by atoms with Gasteiger partial charge in [-0.15, -0.1) is 0 Å². The van der Waals surface area contributed by atoms with Gasteiger partial charge in [-0.2, -0.15) is 0 Å². The van der Waals surface area contributed by atoms with Crippen LogP contribution in [-0.4, -0.2) is 70.9 Å². The summed E-state index contributed by atoms with van der Waals surface area (Å²) in [4.78, 5) is 33.3. The summed E-state index contributed by atoms with van der Waals surface area (Å²) in [5.74, 6) is 0.165. The molecule has 186 valence electrons. The summed E-state index contributed by atoms with van der Waals surface area (Å²) >= 11 is 0. The Bertz CT molecular complexity index is 1430. The number of aryl methyl sites for hydroxylation is 2. The van der Waals surface area contributed by atoms with Crippen LogP contribution in [0.2, 0.25) is 0 Å². The number of hydrogen-bond donors (Lipinski definition) is 2. The summed E-state index contributed by atoms with van der Waals surface area (Å²) in [7, 11) is 4.97. The number of methoxy groups -OCH3 is 1. The maximum atomic E-state index is 12.8. The van der Waals surface area contributed by atoms with Gasteiger partial charge in [0.05, 0.1) is 43.9 Å². The summed E-state index contributed by atoms with van der Waals surface area (Å²) in [5, 5.41) is 6.35. The van der Waals surface area contributed by atoms with Crippen molar-refractivity contribution in [1.82, 2.24) is 24.5 Å². The first kappa shape index (κ1) is 23.5. The summed E-state index contributed by atoms with van der Waals surface area (Å²) in [6.45, 7) is 5.22. The lowest BCUT2D eigenvalue weighted by Crippen LogP contribution is -2.36. The van der Waals surface area contributed by atoms with Gasteiger partial charge in [0.1, 0.15) is 11.2 Å². The number of carbonyl (C=O) groups is 1. The molecule has 2 N–H and O–H groups in total. The van der Waals surface area contributed by atoms with E-state index in [2.05, 4.69) is 43.5 Å². The lowest BCUT2D eigenvalue weighted by molar-refractivity contribution is 0.0595. The van der Waals surface area contributed by atoms with Gasteiger partial charge in [-0.05, 0) is 30.7 Å². The maximum Gasteiger partial charge on any atom is 0.360 e. The Kier molecular flexibility index (Phi) is 6.38. The van der Waals surface area contributed by atoms with Crippen molar-refractivity contribution >= 4 is 40.0 Å². The van der Waals surface area contributed by atoms with Crippen molar-refractivity contribution in [3.05, 3.63) is 48.2 Å². The zero-order valence-electron chi connectivity index (χ0n) is 20.7. The second-order valence-electron chi connectivity index (χ2n) is 8.50. The third-order valence-corrected chi connectivity index (χ3v) is 6.22. The number of esters is 1. The highest BCUT2D eigenvalue weighted by atomic mass is 16.5. The zero-order valence-corrected chi connectivity index (χ0v) is 20.7. The molecule has 0 unspecified atom stereocenters. The maximum absolute atomic E-state index is 12.8. The van der Waals surface area contributed by atoms with Gasteiger partial charge in [0.2, 0.25) is 0 Å². The van der Waals surface area contributed by atoms with Crippen LogP contribution in [0.25, 0.3) is 22.3 Å². The van der Waals surface area contributed by atoms with E-state index < -0.39 is 5.97 Å². The minimum atomic E-state index is -0.600. The fourth-order valence-corrected chi connectivity index (χ4v) is 4.37. The molecule has 0 spiro atoms. The van der Waals surface area contributed by atoms with Crippen LogP contribution in [0.1, 0.15) is 16.1 Å². The molecule has 0 bridgehead atoms. The van der Waals surface area contributed by atoms with E-state index in [-0.39, 0.29) is 11.5 Å². The molecule has 1 aliphatic rings. The highest BCUT2D eigenvalue weighted by Crippen LogP contribution is 2.33. The van der Waals surface area contributed by atoms with Crippen molar-refractivity contribution in [2.24, 2.45) is 7.05 Å². The minimum Gasteiger partial charge on any atom is -0.464 e. The molecule has 0 aliphatic carbocycles. The van der Waals surface area contributed by atoms with Crippen molar-refractivity contribution in [2.45, 2.75) is 6.92 Å². The molecule has 1 aliphatic heterocycles. The molecule has 11 heteroatoms.